The molecular weight excluding hydrogens is 236 g/mol. The zero-order chi connectivity index (χ0) is 14.2. The lowest BCUT2D eigenvalue weighted by Crippen LogP contribution is -2.35. The van der Waals surface area contributed by atoms with Crippen LogP contribution in [-0.4, -0.2) is 10.5 Å². The number of benzene rings is 1. The molecule has 2 rings (SSSR count). The van der Waals surface area contributed by atoms with Gasteiger partial charge in [-0.15, -0.1) is 0 Å². The lowest BCUT2D eigenvalue weighted by Gasteiger charge is -2.21. The fourth-order valence-electron chi connectivity index (χ4n) is 2.50. The number of para-hydroxylation sites is 1. The maximum Gasteiger partial charge on any atom is 0.227 e. The van der Waals surface area contributed by atoms with Crippen LogP contribution in [0, 0.1) is 13.8 Å². The Morgan fingerprint density at radius 3 is 2.26 bits per heavy atom. The van der Waals surface area contributed by atoms with E-state index < -0.39 is 5.41 Å². The Bertz CT molecular complexity index is 609. The van der Waals surface area contributed by atoms with Gasteiger partial charge in [0.25, 0.3) is 0 Å². The zero-order valence-electron chi connectivity index (χ0n) is 11.9. The summed E-state index contributed by atoms with van der Waals surface area (Å²) in [4.78, 5) is 11.6. The highest BCUT2D eigenvalue weighted by molar-refractivity contribution is 5.86. The largest absolute Gasteiger partial charge is 0.369 e. The van der Waals surface area contributed by atoms with Crippen molar-refractivity contribution in [3.05, 3.63) is 53.3 Å². The number of carbonyl (C=O) groups excluding carboxylic acids is 1. The van der Waals surface area contributed by atoms with Crippen molar-refractivity contribution in [2.45, 2.75) is 33.1 Å². The van der Waals surface area contributed by atoms with Crippen LogP contribution in [0.4, 0.5) is 0 Å². The molecular formula is C16H20N2O. The van der Waals surface area contributed by atoms with Crippen LogP contribution in [0.1, 0.15) is 30.8 Å². The molecule has 3 nitrogen and oxygen atoms in total. The molecule has 3 heteroatoms. The molecule has 2 aromatic rings. The minimum Gasteiger partial charge on any atom is -0.369 e. The van der Waals surface area contributed by atoms with E-state index in [2.05, 4.69) is 16.7 Å². The predicted octanol–water partition coefficient (Wildman–Crippen LogP) is 2.86. The van der Waals surface area contributed by atoms with Gasteiger partial charge >= 0.3 is 0 Å². The first-order valence-electron chi connectivity index (χ1n) is 6.40. The van der Waals surface area contributed by atoms with E-state index in [9.17, 15) is 4.79 Å². The number of primary amides is 1. The summed E-state index contributed by atoms with van der Waals surface area (Å²) in [5.74, 6) is -0.305. The number of nitrogens with two attached hydrogens (primary N) is 1. The average molecular weight is 256 g/mol. The smallest absolute Gasteiger partial charge is 0.227 e. The SMILES string of the molecule is Cc1cc(C(C)(C)C(N)=O)c(C)n1-c1ccccc1. The van der Waals surface area contributed by atoms with E-state index in [1.165, 1.54) is 0 Å². The summed E-state index contributed by atoms with van der Waals surface area (Å²) >= 11 is 0. The minimum absolute atomic E-state index is 0.305. The first kappa shape index (κ1) is 13.4. The Balaban J connectivity index is 2.62. The fraction of sp³-hybridized carbons (Fsp3) is 0.312. The molecule has 0 aliphatic carbocycles. The quantitative estimate of drug-likeness (QED) is 0.902. The topological polar surface area (TPSA) is 48.0 Å². The molecule has 1 heterocycles. The second-order valence-electron chi connectivity index (χ2n) is 5.45. The number of carbonyl (C=O) groups is 1. The third-order valence-electron chi connectivity index (χ3n) is 3.73. The van der Waals surface area contributed by atoms with E-state index in [0.29, 0.717) is 0 Å². The van der Waals surface area contributed by atoms with Gasteiger partial charge in [0.2, 0.25) is 5.91 Å². The molecule has 0 bridgehead atoms. The van der Waals surface area contributed by atoms with Gasteiger partial charge in [0.15, 0.2) is 0 Å². The van der Waals surface area contributed by atoms with Crippen LogP contribution < -0.4 is 5.73 Å². The van der Waals surface area contributed by atoms with Gasteiger partial charge in [-0.3, -0.25) is 4.79 Å². The molecule has 1 aromatic heterocycles. The molecule has 0 fully saturated rings. The summed E-state index contributed by atoms with van der Waals surface area (Å²) in [7, 11) is 0. The van der Waals surface area contributed by atoms with E-state index in [-0.39, 0.29) is 5.91 Å². The van der Waals surface area contributed by atoms with Crippen molar-refractivity contribution in [1.29, 1.82) is 0 Å². The second-order valence-corrected chi connectivity index (χ2v) is 5.45. The molecule has 1 aromatic carbocycles. The molecule has 0 unspecified atom stereocenters. The lowest BCUT2D eigenvalue weighted by molar-refractivity contribution is -0.122. The first-order chi connectivity index (χ1) is 8.85. The number of aromatic nitrogens is 1. The lowest BCUT2D eigenvalue weighted by atomic mass is 9.84. The highest BCUT2D eigenvalue weighted by Crippen LogP contribution is 2.30. The molecule has 0 aliphatic rings. The van der Waals surface area contributed by atoms with Gasteiger partial charge in [-0.05, 0) is 51.5 Å². The molecule has 0 spiro atoms. The van der Waals surface area contributed by atoms with Crippen LogP contribution in [0.25, 0.3) is 5.69 Å². The second kappa shape index (κ2) is 4.57. The number of aryl methyl sites for hydroxylation is 1. The van der Waals surface area contributed by atoms with Gasteiger partial charge in [-0.25, -0.2) is 0 Å². The highest BCUT2D eigenvalue weighted by atomic mass is 16.1. The van der Waals surface area contributed by atoms with Crippen LogP contribution in [0.5, 0.6) is 0 Å². The third-order valence-corrected chi connectivity index (χ3v) is 3.73. The molecule has 0 saturated heterocycles. The molecule has 100 valence electrons. The normalized spacial score (nSPS) is 11.6. The van der Waals surface area contributed by atoms with Crippen molar-refractivity contribution in [3.63, 3.8) is 0 Å². The van der Waals surface area contributed by atoms with Crippen molar-refractivity contribution >= 4 is 5.91 Å². The number of hydrogen-bond acceptors (Lipinski definition) is 1. The third kappa shape index (κ3) is 2.16. The average Bonchev–Trinajstić information content (AvgIpc) is 2.66. The van der Waals surface area contributed by atoms with Gasteiger partial charge in [-0.2, -0.15) is 0 Å². The Morgan fingerprint density at radius 1 is 1.16 bits per heavy atom. The number of hydrogen-bond donors (Lipinski definition) is 1. The van der Waals surface area contributed by atoms with E-state index in [1.54, 1.807) is 0 Å². The van der Waals surface area contributed by atoms with E-state index >= 15 is 0 Å². The molecule has 0 aliphatic heterocycles. The first-order valence-corrected chi connectivity index (χ1v) is 6.40. The Labute approximate surface area is 114 Å². The van der Waals surface area contributed by atoms with Crippen molar-refractivity contribution in [2.75, 3.05) is 0 Å². The van der Waals surface area contributed by atoms with Crippen molar-refractivity contribution in [2.24, 2.45) is 5.73 Å². The maximum atomic E-state index is 11.6. The Kier molecular flexibility index (Phi) is 3.23. The summed E-state index contributed by atoms with van der Waals surface area (Å²) < 4.78 is 2.15. The monoisotopic (exact) mass is 256 g/mol. The molecule has 0 atom stereocenters. The van der Waals surface area contributed by atoms with E-state index in [4.69, 9.17) is 5.73 Å². The van der Waals surface area contributed by atoms with Crippen LogP contribution in [0.2, 0.25) is 0 Å². The summed E-state index contributed by atoms with van der Waals surface area (Å²) in [5.41, 5.74) is 9.12. The van der Waals surface area contributed by atoms with Gasteiger partial charge in [0.1, 0.15) is 0 Å². The van der Waals surface area contributed by atoms with Crippen LogP contribution in [-0.2, 0) is 10.2 Å². The van der Waals surface area contributed by atoms with Gasteiger partial charge in [0.05, 0.1) is 5.41 Å². The number of nitrogens with zero attached hydrogens (tertiary/aromatic N) is 1. The van der Waals surface area contributed by atoms with Gasteiger partial charge in [-0.1, -0.05) is 18.2 Å². The molecule has 19 heavy (non-hydrogen) atoms. The summed E-state index contributed by atoms with van der Waals surface area (Å²) in [6.07, 6.45) is 0. The number of rotatable bonds is 3. The highest BCUT2D eigenvalue weighted by Gasteiger charge is 2.31. The Morgan fingerprint density at radius 2 is 1.74 bits per heavy atom. The minimum atomic E-state index is -0.658. The number of amides is 1. The van der Waals surface area contributed by atoms with Crippen molar-refractivity contribution < 1.29 is 4.79 Å². The van der Waals surface area contributed by atoms with E-state index in [0.717, 1.165) is 22.6 Å². The zero-order valence-corrected chi connectivity index (χ0v) is 11.9. The van der Waals surface area contributed by atoms with Gasteiger partial charge < -0.3 is 10.3 Å². The molecule has 0 radical (unpaired) electrons. The van der Waals surface area contributed by atoms with Crippen LogP contribution in [0.15, 0.2) is 36.4 Å². The van der Waals surface area contributed by atoms with Crippen LogP contribution in [0.3, 0.4) is 0 Å². The summed E-state index contributed by atoms with van der Waals surface area (Å²) in [6, 6.07) is 12.2. The Hall–Kier alpha value is -2.03. The summed E-state index contributed by atoms with van der Waals surface area (Å²) in [6.45, 7) is 7.81. The van der Waals surface area contributed by atoms with E-state index in [1.807, 2.05) is 52.0 Å². The van der Waals surface area contributed by atoms with Crippen molar-refractivity contribution in [1.82, 2.24) is 4.57 Å². The predicted molar refractivity (Wildman–Crippen MR) is 77.5 cm³/mol. The molecule has 2 N–H and O–H groups in total. The summed E-state index contributed by atoms with van der Waals surface area (Å²) in [5, 5.41) is 0. The van der Waals surface area contributed by atoms with Crippen molar-refractivity contribution in [3.8, 4) is 5.69 Å². The molecule has 1 amide bonds. The van der Waals surface area contributed by atoms with Crippen LogP contribution >= 0.6 is 0 Å². The standard InChI is InChI=1S/C16H20N2O/c1-11-10-14(16(3,4)15(17)19)12(2)18(11)13-8-6-5-7-9-13/h5-10H,1-4H3,(H2,17,19). The maximum absolute atomic E-state index is 11.6. The van der Waals surface area contributed by atoms with Gasteiger partial charge in [0, 0.05) is 17.1 Å². The fourth-order valence-corrected chi connectivity index (χ4v) is 2.50. The molecule has 0 saturated carbocycles.